The molecule has 0 bridgehead atoms. The SMILES string of the molecule is CC(C)NC(=O)N1CC2CCC(CNC(=O)CN(C)C(C)C)N2Cc2ccccc21. The van der Waals surface area contributed by atoms with Crippen LogP contribution in [0.1, 0.15) is 46.1 Å². The fraction of sp³-hybridized carbons (Fsp3) is 0.652. The van der Waals surface area contributed by atoms with Crippen LogP contribution in [-0.2, 0) is 11.3 Å². The molecule has 0 aliphatic carbocycles. The Balaban J connectivity index is 1.69. The van der Waals surface area contributed by atoms with Gasteiger partial charge in [-0.25, -0.2) is 4.79 Å². The molecule has 3 rings (SSSR count). The number of carbonyl (C=O) groups excluding carboxylic acids is 2. The zero-order chi connectivity index (χ0) is 21.8. The van der Waals surface area contributed by atoms with Crippen molar-refractivity contribution < 1.29 is 9.59 Å². The van der Waals surface area contributed by atoms with Gasteiger partial charge in [-0.2, -0.15) is 0 Å². The zero-order valence-electron chi connectivity index (χ0n) is 19.0. The van der Waals surface area contributed by atoms with Gasteiger partial charge in [-0.05, 0) is 59.2 Å². The van der Waals surface area contributed by atoms with Gasteiger partial charge in [0.05, 0.1) is 6.54 Å². The highest BCUT2D eigenvalue weighted by atomic mass is 16.2. The largest absolute Gasteiger partial charge is 0.353 e. The van der Waals surface area contributed by atoms with Crippen LogP contribution in [0.3, 0.4) is 0 Å². The number of anilines is 1. The fourth-order valence-corrected chi connectivity index (χ4v) is 4.32. The van der Waals surface area contributed by atoms with Crippen LogP contribution in [0, 0.1) is 0 Å². The van der Waals surface area contributed by atoms with E-state index in [4.69, 9.17) is 0 Å². The molecule has 0 saturated carbocycles. The molecular weight excluding hydrogens is 378 g/mol. The summed E-state index contributed by atoms with van der Waals surface area (Å²) in [5, 5.41) is 6.18. The fourth-order valence-electron chi connectivity index (χ4n) is 4.32. The number of nitrogens with one attached hydrogen (secondary N) is 2. The third-order valence-electron chi connectivity index (χ3n) is 6.27. The Hall–Kier alpha value is -2.12. The highest BCUT2D eigenvalue weighted by Crippen LogP contribution is 2.34. The number of fused-ring (bicyclic) bond motifs is 2. The first-order chi connectivity index (χ1) is 14.3. The van der Waals surface area contributed by atoms with E-state index < -0.39 is 0 Å². The van der Waals surface area contributed by atoms with E-state index in [1.165, 1.54) is 0 Å². The number of amides is 3. The minimum atomic E-state index is -0.0345. The molecule has 2 N–H and O–H groups in total. The molecule has 1 aromatic rings. The van der Waals surface area contributed by atoms with E-state index in [9.17, 15) is 9.59 Å². The summed E-state index contributed by atoms with van der Waals surface area (Å²) in [6, 6.07) is 9.18. The van der Waals surface area contributed by atoms with E-state index in [1.54, 1.807) is 0 Å². The third kappa shape index (κ3) is 5.32. The van der Waals surface area contributed by atoms with Crippen LogP contribution in [-0.4, -0.2) is 72.6 Å². The van der Waals surface area contributed by atoms with Crippen LogP contribution in [0.25, 0.3) is 0 Å². The first-order valence-corrected chi connectivity index (χ1v) is 11.1. The summed E-state index contributed by atoms with van der Waals surface area (Å²) in [7, 11) is 1.97. The summed E-state index contributed by atoms with van der Waals surface area (Å²) in [5.74, 6) is 0.0720. The summed E-state index contributed by atoms with van der Waals surface area (Å²) in [4.78, 5) is 31.7. The molecule has 166 valence electrons. The molecule has 2 heterocycles. The van der Waals surface area contributed by atoms with Gasteiger partial charge in [0.15, 0.2) is 0 Å². The Labute approximate surface area is 180 Å². The molecule has 0 spiro atoms. The number of benzene rings is 1. The molecule has 7 nitrogen and oxygen atoms in total. The van der Waals surface area contributed by atoms with Crippen molar-refractivity contribution in [2.24, 2.45) is 0 Å². The normalized spacial score (nSPS) is 21.5. The third-order valence-corrected chi connectivity index (χ3v) is 6.27. The number of carbonyl (C=O) groups is 2. The van der Waals surface area contributed by atoms with Crippen LogP contribution in [0.2, 0.25) is 0 Å². The quantitative estimate of drug-likeness (QED) is 0.749. The molecule has 2 unspecified atom stereocenters. The van der Waals surface area contributed by atoms with Crippen molar-refractivity contribution in [3.05, 3.63) is 29.8 Å². The molecular formula is C23H37N5O2. The van der Waals surface area contributed by atoms with Crippen molar-refractivity contribution in [2.45, 2.75) is 71.2 Å². The average molecular weight is 416 g/mol. The van der Waals surface area contributed by atoms with Crippen molar-refractivity contribution in [3.8, 4) is 0 Å². The Morgan fingerprint density at radius 1 is 1.17 bits per heavy atom. The molecule has 0 aromatic heterocycles. The number of urea groups is 1. The predicted octanol–water partition coefficient (Wildman–Crippen LogP) is 2.41. The number of rotatable bonds is 6. The Bertz CT molecular complexity index is 751. The Morgan fingerprint density at radius 2 is 1.90 bits per heavy atom. The number of hydrogen-bond acceptors (Lipinski definition) is 4. The lowest BCUT2D eigenvalue weighted by Gasteiger charge is -2.30. The van der Waals surface area contributed by atoms with Crippen molar-refractivity contribution in [1.82, 2.24) is 20.4 Å². The zero-order valence-corrected chi connectivity index (χ0v) is 19.0. The second-order valence-electron chi connectivity index (χ2n) is 9.21. The van der Waals surface area contributed by atoms with E-state index >= 15 is 0 Å². The Morgan fingerprint density at radius 3 is 2.60 bits per heavy atom. The summed E-state index contributed by atoms with van der Waals surface area (Å²) in [6.07, 6.45) is 2.07. The van der Waals surface area contributed by atoms with Gasteiger partial charge in [0, 0.05) is 49.5 Å². The minimum Gasteiger partial charge on any atom is -0.353 e. The standard InChI is InChI=1S/C23H37N5O2/c1-16(2)25-23(30)28-14-20-11-10-19(12-24-22(29)15-26(5)17(3)4)27(20)13-18-8-6-7-9-21(18)28/h6-9,16-17,19-20H,10-15H2,1-5H3,(H,24,29)(H,25,30). The number of nitrogens with zero attached hydrogens (tertiary/aromatic N) is 3. The Kier molecular flexibility index (Phi) is 7.36. The maximum Gasteiger partial charge on any atom is 0.322 e. The van der Waals surface area contributed by atoms with Gasteiger partial charge in [-0.15, -0.1) is 0 Å². The molecule has 2 aliphatic rings. The van der Waals surface area contributed by atoms with Crippen LogP contribution in [0.5, 0.6) is 0 Å². The second-order valence-corrected chi connectivity index (χ2v) is 9.21. The van der Waals surface area contributed by atoms with Gasteiger partial charge in [0.1, 0.15) is 0 Å². The highest BCUT2D eigenvalue weighted by molar-refractivity contribution is 5.93. The first kappa shape index (κ1) is 22.6. The minimum absolute atomic E-state index is 0.0345. The van der Waals surface area contributed by atoms with Crippen molar-refractivity contribution in [3.63, 3.8) is 0 Å². The molecule has 2 aliphatic heterocycles. The molecule has 1 aromatic carbocycles. The highest BCUT2D eigenvalue weighted by Gasteiger charge is 2.38. The van der Waals surface area contributed by atoms with E-state index in [2.05, 4.69) is 35.4 Å². The molecule has 30 heavy (non-hydrogen) atoms. The maximum absolute atomic E-state index is 12.9. The molecule has 3 amide bonds. The van der Waals surface area contributed by atoms with Gasteiger partial charge in [-0.1, -0.05) is 18.2 Å². The number of para-hydroxylation sites is 1. The molecule has 0 radical (unpaired) electrons. The van der Waals surface area contributed by atoms with Gasteiger partial charge < -0.3 is 10.6 Å². The lowest BCUT2D eigenvalue weighted by molar-refractivity contribution is -0.122. The summed E-state index contributed by atoms with van der Waals surface area (Å²) in [5.41, 5.74) is 2.16. The second kappa shape index (κ2) is 9.79. The van der Waals surface area contributed by atoms with Crippen LogP contribution >= 0.6 is 0 Å². The maximum atomic E-state index is 12.9. The van der Waals surface area contributed by atoms with E-state index in [1.807, 2.05) is 48.9 Å². The lowest BCUT2D eigenvalue weighted by Crippen LogP contribution is -2.49. The molecule has 2 atom stereocenters. The van der Waals surface area contributed by atoms with E-state index in [0.29, 0.717) is 37.8 Å². The number of likely N-dealkylation sites (N-methyl/N-ethyl adjacent to an activating group) is 1. The van der Waals surface area contributed by atoms with Crippen LogP contribution in [0.15, 0.2) is 24.3 Å². The van der Waals surface area contributed by atoms with Crippen molar-refractivity contribution in [2.75, 3.05) is 31.6 Å². The number of hydrogen-bond donors (Lipinski definition) is 2. The van der Waals surface area contributed by atoms with E-state index in [0.717, 1.165) is 30.6 Å². The lowest BCUT2D eigenvalue weighted by atomic mass is 10.1. The first-order valence-electron chi connectivity index (χ1n) is 11.1. The molecule has 1 fully saturated rings. The van der Waals surface area contributed by atoms with Crippen molar-refractivity contribution >= 4 is 17.6 Å². The average Bonchev–Trinajstić information content (AvgIpc) is 2.97. The summed E-state index contributed by atoms with van der Waals surface area (Å²) in [6.45, 7) is 10.7. The van der Waals surface area contributed by atoms with Crippen molar-refractivity contribution in [1.29, 1.82) is 0 Å². The summed E-state index contributed by atoms with van der Waals surface area (Å²) < 4.78 is 0. The predicted molar refractivity (Wildman–Crippen MR) is 121 cm³/mol. The van der Waals surface area contributed by atoms with E-state index in [-0.39, 0.29) is 18.0 Å². The smallest absolute Gasteiger partial charge is 0.322 e. The molecule has 1 saturated heterocycles. The van der Waals surface area contributed by atoms with Crippen LogP contribution in [0.4, 0.5) is 10.5 Å². The van der Waals surface area contributed by atoms with Gasteiger partial charge in [-0.3, -0.25) is 19.5 Å². The monoisotopic (exact) mass is 415 g/mol. The van der Waals surface area contributed by atoms with Gasteiger partial charge in [0.2, 0.25) is 5.91 Å². The summed E-state index contributed by atoms with van der Waals surface area (Å²) >= 11 is 0. The van der Waals surface area contributed by atoms with Gasteiger partial charge in [0.25, 0.3) is 0 Å². The topological polar surface area (TPSA) is 67.9 Å². The van der Waals surface area contributed by atoms with Gasteiger partial charge >= 0.3 is 6.03 Å². The molecule has 7 heteroatoms. The van der Waals surface area contributed by atoms with Crippen LogP contribution < -0.4 is 15.5 Å².